The van der Waals surface area contributed by atoms with Gasteiger partial charge in [-0.25, -0.2) is 28.2 Å². The zero-order valence-corrected chi connectivity index (χ0v) is 19.2. The van der Waals surface area contributed by atoms with Crippen LogP contribution in [0.15, 0.2) is 30.6 Å². The number of fused-ring (bicyclic) bond motifs is 2. The largest absolute Gasteiger partial charge is 0.351 e. The number of hydrogen-bond acceptors (Lipinski definition) is 6. The zero-order valence-electron chi connectivity index (χ0n) is 19.2. The molecule has 0 spiro atoms. The summed E-state index contributed by atoms with van der Waals surface area (Å²) in [6.07, 6.45) is 3.11. The van der Waals surface area contributed by atoms with Crippen LogP contribution in [-0.2, 0) is 11.3 Å². The van der Waals surface area contributed by atoms with Crippen LogP contribution < -0.4 is 10.6 Å². The number of nitrogens with zero attached hydrogens (tertiary/aromatic N) is 6. The van der Waals surface area contributed by atoms with Gasteiger partial charge in [-0.2, -0.15) is 0 Å². The Bertz CT molecular complexity index is 1370. The van der Waals surface area contributed by atoms with Crippen molar-refractivity contribution in [3.05, 3.63) is 36.4 Å². The molecule has 178 valence electrons. The van der Waals surface area contributed by atoms with Crippen molar-refractivity contribution < 1.29 is 13.6 Å². The van der Waals surface area contributed by atoms with Crippen LogP contribution in [0.25, 0.3) is 27.9 Å². The van der Waals surface area contributed by atoms with Crippen molar-refractivity contribution in [2.75, 3.05) is 5.32 Å². The van der Waals surface area contributed by atoms with E-state index in [-0.39, 0.29) is 17.5 Å². The first-order valence-corrected chi connectivity index (χ1v) is 11.3. The SMILES string of the molecule is CCC(=O)NC1(C)CC(Nc2ncc3c(-c4ccc5nc(C)n(CC(F)F)c5n4)ccn3n2)C1. The molecular formula is C23H26F2N8O. The molecule has 0 bridgehead atoms. The summed E-state index contributed by atoms with van der Waals surface area (Å²) in [5.41, 5.74) is 3.00. The van der Waals surface area contributed by atoms with Gasteiger partial charge in [0.1, 0.15) is 11.3 Å². The van der Waals surface area contributed by atoms with Crippen molar-refractivity contribution >= 4 is 28.5 Å². The normalized spacial score (nSPS) is 20.1. The number of nitrogens with one attached hydrogen (secondary N) is 2. The van der Waals surface area contributed by atoms with Gasteiger partial charge in [0.05, 0.1) is 24.0 Å². The van der Waals surface area contributed by atoms with E-state index in [1.165, 1.54) is 4.57 Å². The maximum absolute atomic E-state index is 13.0. The van der Waals surface area contributed by atoms with Gasteiger partial charge in [-0.15, -0.1) is 5.10 Å². The van der Waals surface area contributed by atoms with Crippen LogP contribution in [0.3, 0.4) is 0 Å². The van der Waals surface area contributed by atoms with Crippen molar-refractivity contribution in [3.8, 4) is 11.3 Å². The average molecular weight is 469 g/mol. The van der Waals surface area contributed by atoms with Gasteiger partial charge in [0.15, 0.2) is 5.65 Å². The number of halogens is 2. The molecule has 1 fully saturated rings. The second-order valence-corrected chi connectivity index (χ2v) is 9.05. The van der Waals surface area contributed by atoms with Crippen LogP contribution in [0.2, 0.25) is 0 Å². The molecule has 34 heavy (non-hydrogen) atoms. The maximum atomic E-state index is 13.0. The smallest absolute Gasteiger partial charge is 0.256 e. The number of pyridine rings is 1. The second kappa shape index (κ2) is 8.30. The monoisotopic (exact) mass is 468 g/mol. The molecule has 4 aromatic rings. The fourth-order valence-corrected chi connectivity index (χ4v) is 4.64. The highest BCUT2D eigenvalue weighted by Crippen LogP contribution is 2.34. The third-order valence-electron chi connectivity index (χ3n) is 6.29. The lowest BCUT2D eigenvalue weighted by atomic mass is 9.74. The van der Waals surface area contributed by atoms with E-state index in [0.717, 1.165) is 23.9 Å². The van der Waals surface area contributed by atoms with Gasteiger partial charge in [-0.3, -0.25) is 4.79 Å². The summed E-state index contributed by atoms with van der Waals surface area (Å²) in [5.74, 6) is 1.05. The molecule has 0 saturated heterocycles. The lowest BCUT2D eigenvalue weighted by molar-refractivity contribution is -0.123. The van der Waals surface area contributed by atoms with Gasteiger partial charge in [0.2, 0.25) is 11.9 Å². The van der Waals surface area contributed by atoms with E-state index in [1.54, 1.807) is 23.7 Å². The number of aromatic nitrogens is 6. The molecule has 4 aromatic heterocycles. The minimum Gasteiger partial charge on any atom is -0.351 e. The molecule has 1 aliphatic carbocycles. The van der Waals surface area contributed by atoms with Crippen molar-refractivity contribution in [1.29, 1.82) is 0 Å². The molecule has 4 heterocycles. The summed E-state index contributed by atoms with van der Waals surface area (Å²) in [6, 6.07) is 5.67. The van der Waals surface area contributed by atoms with Crippen LogP contribution >= 0.6 is 0 Å². The Hall–Kier alpha value is -3.63. The predicted octanol–water partition coefficient (Wildman–Crippen LogP) is 3.57. The van der Waals surface area contributed by atoms with Crippen molar-refractivity contribution in [1.82, 2.24) is 34.4 Å². The van der Waals surface area contributed by atoms with E-state index in [0.29, 0.717) is 35.1 Å². The molecule has 0 aliphatic heterocycles. The van der Waals surface area contributed by atoms with Crippen molar-refractivity contribution in [2.45, 2.75) is 64.6 Å². The van der Waals surface area contributed by atoms with Gasteiger partial charge in [0.25, 0.3) is 6.43 Å². The van der Waals surface area contributed by atoms with Crippen LogP contribution in [0, 0.1) is 6.92 Å². The quantitative estimate of drug-likeness (QED) is 0.430. The first kappa shape index (κ1) is 22.2. The van der Waals surface area contributed by atoms with Gasteiger partial charge in [0, 0.05) is 29.8 Å². The third-order valence-corrected chi connectivity index (χ3v) is 6.29. The number of alkyl halides is 2. The molecule has 1 saturated carbocycles. The summed E-state index contributed by atoms with van der Waals surface area (Å²) in [6.45, 7) is 5.13. The summed E-state index contributed by atoms with van der Waals surface area (Å²) >= 11 is 0. The molecule has 0 radical (unpaired) electrons. The van der Waals surface area contributed by atoms with Gasteiger partial charge >= 0.3 is 0 Å². The van der Waals surface area contributed by atoms with Gasteiger partial charge < -0.3 is 15.2 Å². The van der Waals surface area contributed by atoms with Crippen LogP contribution in [0.5, 0.6) is 0 Å². The van der Waals surface area contributed by atoms with E-state index in [2.05, 4.69) is 30.7 Å². The molecule has 1 amide bonds. The molecular weight excluding hydrogens is 442 g/mol. The van der Waals surface area contributed by atoms with Crippen LogP contribution in [-0.4, -0.2) is 53.0 Å². The highest BCUT2D eigenvalue weighted by Gasteiger charge is 2.41. The van der Waals surface area contributed by atoms with E-state index in [1.807, 2.05) is 32.2 Å². The second-order valence-electron chi connectivity index (χ2n) is 9.05. The molecule has 11 heteroatoms. The summed E-state index contributed by atoms with van der Waals surface area (Å²) in [4.78, 5) is 25.1. The topological polar surface area (TPSA) is 102 Å². The minimum atomic E-state index is -2.49. The molecule has 5 rings (SSSR count). The Labute approximate surface area is 194 Å². The molecule has 1 aliphatic rings. The highest BCUT2D eigenvalue weighted by molar-refractivity contribution is 5.82. The van der Waals surface area contributed by atoms with Gasteiger partial charge in [-0.1, -0.05) is 6.92 Å². The fraction of sp³-hybridized carbons (Fsp3) is 0.435. The Morgan fingerprint density at radius 2 is 2.06 bits per heavy atom. The minimum absolute atomic E-state index is 0.0534. The number of anilines is 1. The number of hydrogen-bond donors (Lipinski definition) is 2. The molecule has 0 aromatic carbocycles. The lowest BCUT2D eigenvalue weighted by Gasteiger charge is -2.45. The van der Waals surface area contributed by atoms with E-state index < -0.39 is 13.0 Å². The Kier molecular flexibility index (Phi) is 5.41. The summed E-state index contributed by atoms with van der Waals surface area (Å²) < 4.78 is 29.2. The Morgan fingerprint density at radius 1 is 1.26 bits per heavy atom. The Balaban J connectivity index is 1.36. The predicted molar refractivity (Wildman–Crippen MR) is 124 cm³/mol. The summed E-state index contributed by atoms with van der Waals surface area (Å²) in [7, 11) is 0. The van der Waals surface area contributed by atoms with Gasteiger partial charge in [-0.05, 0) is 44.9 Å². The number of imidazole rings is 1. The lowest BCUT2D eigenvalue weighted by Crippen LogP contribution is -2.59. The van der Waals surface area contributed by atoms with Crippen LogP contribution in [0.4, 0.5) is 14.7 Å². The molecule has 0 unspecified atom stereocenters. The highest BCUT2D eigenvalue weighted by atomic mass is 19.3. The van der Waals surface area contributed by atoms with E-state index >= 15 is 0 Å². The Morgan fingerprint density at radius 3 is 2.79 bits per heavy atom. The third kappa shape index (κ3) is 4.06. The molecule has 9 nitrogen and oxygen atoms in total. The standard InChI is InChI=1S/C23H26F2N8O/c1-4-20(34)30-23(3)9-14(10-23)28-22-26-11-18-15(7-8-33(18)31-22)16-5-6-17-21(29-16)32(12-19(24)25)13(2)27-17/h5-8,11,14,19H,4,9-10,12H2,1-3H3,(H,28,31)(H,30,34). The van der Waals surface area contributed by atoms with E-state index in [4.69, 9.17) is 0 Å². The maximum Gasteiger partial charge on any atom is 0.256 e. The molecule has 0 atom stereocenters. The molecule has 2 N–H and O–H groups in total. The first-order valence-electron chi connectivity index (χ1n) is 11.3. The van der Waals surface area contributed by atoms with E-state index in [9.17, 15) is 13.6 Å². The average Bonchev–Trinajstić information content (AvgIpc) is 3.32. The van der Waals surface area contributed by atoms with Crippen molar-refractivity contribution in [2.24, 2.45) is 0 Å². The van der Waals surface area contributed by atoms with Crippen LogP contribution in [0.1, 0.15) is 38.9 Å². The van der Waals surface area contributed by atoms with Crippen molar-refractivity contribution in [3.63, 3.8) is 0 Å². The number of aryl methyl sites for hydroxylation is 1. The number of carbonyl (C=O) groups is 1. The number of carbonyl (C=O) groups excluding carboxylic acids is 1. The number of rotatable bonds is 7. The fourth-order valence-electron chi connectivity index (χ4n) is 4.64. The number of amides is 1. The summed E-state index contributed by atoms with van der Waals surface area (Å²) in [5, 5.41) is 10.9. The first-order chi connectivity index (χ1) is 16.2. The zero-order chi connectivity index (χ0) is 24.0.